The Morgan fingerprint density at radius 2 is 1.93 bits per heavy atom. The molecule has 3 rings (SSSR count). The molecule has 0 saturated carbocycles. The van der Waals surface area contributed by atoms with E-state index in [1.54, 1.807) is 31.2 Å². The van der Waals surface area contributed by atoms with Gasteiger partial charge in [0.15, 0.2) is 6.10 Å². The van der Waals surface area contributed by atoms with E-state index in [1.165, 1.54) is 11.0 Å². The Morgan fingerprint density at radius 3 is 2.59 bits per heavy atom. The second kappa shape index (κ2) is 8.71. The summed E-state index contributed by atoms with van der Waals surface area (Å²) in [7, 11) is 0. The molecule has 0 aliphatic carbocycles. The monoisotopic (exact) mass is 429 g/mol. The molecular weight excluding hydrogens is 411 g/mol. The van der Waals surface area contributed by atoms with Crippen LogP contribution < -0.4 is 20.7 Å². The van der Waals surface area contributed by atoms with Crippen molar-refractivity contribution in [3.05, 3.63) is 53.6 Å². The Bertz CT molecular complexity index is 921. The summed E-state index contributed by atoms with van der Waals surface area (Å²) in [5.41, 5.74) is 5.15. The third-order valence-corrected chi connectivity index (χ3v) is 4.21. The second-order valence-electron chi connectivity index (χ2n) is 6.32. The number of hydrogen-bond donors (Lipinski definition) is 2. The Labute approximate surface area is 171 Å². The third-order valence-electron chi connectivity index (χ3n) is 4.21. The van der Waals surface area contributed by atoms with Gasteiger partial charge in [0.1, 0.15) is 12.3 Å². The summed E-state index contributed by atoms with van der Waals surface area (Å²) in [5.74, 6) is -0.605. The van der Waals surface area contributed by atoms with Gasteiger partial charge in [0, 0.05) is 12.2 Å². The topological polar surface area (TPSA) is 84.7 Å². The summed E-state index contributed by atoms with van der Waals surface area (Å²) >= 11 is 0. The van der Waals surface area contributed by atoms with Crippen LogP contribution in [0.2, 0.25) is 0 Å². The van der Waals surface area contributed by atoms with Crippen LogP contribution in [0.25, 0.3) is 0 Å². The number of alkyl halides is 3. The highest BCUT2D eigenvalue weighted by Crippen LogP contribution is 2.34. The van der Waals surface area contributed by atoms with Crippen molar-refractivity contribution in [3.8, 4) is 5.75 Å². The molecule has 2 amide bonds. The summed E-state index contributed by atoms with van der Waals surface area (Å²) in [5, 5.41) is 2.41. The van der Waals surface area contributed by atoms with Crippen LogP contribution in [0.3, 0.4) is 0 Å². The molecule has 2 aromatic carbocycles. The van der Waals surface area contributed by atoms with Gasteiger partial charge in [-0.15, -0.1) is 12.4 Å². The molecule has 0 spiro atoms. The Kier molecular flexibility index (Phi) is 6.76. The highest BCUT2D eigenvalue weighted by molar-refractivity contribution is 6.06. The lowest BCUT2D eigenvalue weighted by molar-refractivity contribution is -0.137. The molecule has 0 aromatic heterocycles. The quantitative estimate of drug-likeness (QED) is 0.780. The number of amides is 2. The number of halogens is 4. The average Bonchev–Trinajstić information content (AvgIpc) is 2.64. The molecule has 29 heavy (non-hydrogen) atoms. The number of anilines is 2. The van der Waals surface area contributed by atoms with Crippen LogP contribution in [0.5, 0.6) is 5.75 Å². The maximum Gasteiger partial charge on any atom is 0.416 e. The second-order valence-corrected chi connectivity index (χ2v) is 6.32. The fraction of sp³-hybridized carbons (Fsp3) is 0.263. The van der Waals surface area contributed by atoms with E-state index in [9.17, 15) is 22.8 Å². The van der Waals surface area contributed by atoms with Gasteiger partial charge in [0.05, 0.1) is 11.3 Å². The van der Waals surface area contributed by atoms with Gasteiger partial charge < -0.3 is 15.8 Å². The van der Waals surface area contributed by atoms with Crippen LogP contribution in [0, 0.1) is 0 Å². The molecule has 1 aliphatic heterocycles. The maximum absolute atomic E-state index is 13.0. The zero-order valence-electron chi connectivity index (χ0n) is 15.3. The summed E-state index contributed by atoms with van der Waals surface area (Å²) < 4.78 is 44.6. The van der Waals surface area contributed by atoms with Crippen LogP contribution in [-0.4, -0.2) is 24.5 Å². The Morgan fingerprint density at radius 1 is 1.24 bits per heavy atom. The van der Waals surface area contributed by atoms with Crippen molar-refractivity contribution in [1.82, 2.24) is 0 Å². The molecule has 0 radical (unpaired) electrons. The van der Waals surface area contributed by atoms with Gasteiger partial charge in [0.25, 0.3) is 5.91 Å². The number of fused-ring (bicyclic) bond motifs is 1. The zero-order valence-corrected chi connectivity index (χ0v) is 16.1. The van der Waals surface area contributed by atoms with Gasteiger partial charge in [0.2, 0.25) is 5.91 Å². The Hall–Kier alpha value is -2.78. The van der Waals surface area contributed by atoms with Crippen LogP contribution >= 0.6 is 12.4 Å². The molecule has 1 heterocycles. The van der Waals surface area contributed by atoms with E-state index >= 15 is 0 Å². The standard InChI is InChI=1S/C19H18F3N3O3.ClH/c1-11-18(27)25(15-4-2-3-5-16(15)28-11)10-17(26)24-14-7-12(9-23)6-13(8-14)19(20,21)22;/h2-8,11H,9-10,23H2,1H3,(H,24,26);1H. The van der Waals surface area contributed by atoms with Gasteiger partial charge in [-0.2, -0.15) is 13.2 Å². The SMILES string of the molecule is CC1Oc2ccccc2N(CC(=O)Nc2cc(CN)cc(C(F)(F)F)c2)C1=O.Cl. The largest absolute Gasteiger partial charge is 0.479 e. The Balaban J connectivity index is 0.00000300. The molecule has 0 saturated heterocycles. The summed E-state index contributed by atoms with van der Waals surface area (Å²) in [6.45, 7) is 1.08. The maximum atomic E-state index is 13.0. The number of benzene rings is 2. The first-order valence-corrected chi connectivity index (χ1v) is 8.47. The van der Waals surface area contributed by atoms with Crippen LogP contribution in [0.15, 0.2) is 42.5 Å². The van der Waals surface area contributed by atoms with E-state index < -0.39 is 29.7 Å². The fourth-order valence-electron chi connectivity index (χ4n) is 2.91. The van der Waals surface area contributed by atoms with E-state index in [2.05, 4.69) is 5.32 Å². The minimum Gasteiger partial charge on any atom is -0.479 e. The lowest BCUT2D eigenvalue weighted by Gasteiger charge is -2.32. The summed E-state index contributed by atoms with van der Waals surface area (Å²) in [6, 6.07) is 9.85. The molecule has 1 aliphatic rings. The number of nitrogens with one attached hydrogen (secondary N) is 1. The number of hydrogen-bond acceptors (Lipinski definition) is 4. The van der Waals surface area contributed by atoms with Gasteiger partial charge in [-0.05, 0) is 42.8 Å². The number of nitrogens with two attached hydrogens (primary N) is 1. The molecule has 10 heteroatoms. The normalized spacial score (nSPS) is 15.8. The molecule has 0 bridgehead atoms. The lowest BCUT2D eigenvalue weighted by atomic mass is 10.1. The molecular formula is C19H19ClF3N3O3. The van der Waals surface area contributed by atoms with Crippen molar-refractivity contribution in [2.45, 2.75) is 25.7 Å². The minimum absolute atomic E-state index is 0. The molecule has 1 atom stereocenters. The predicted molar refractivity (Wildman–Crippen MR) is 104 cm³/mol. The summed E-state index contributed by atoms with van der Waals surface area (Å²) in [6.07, 6.45) is -5.35. The van der Waals surface area contributed by atoms with Gasteiger partial charge in [-0.25, -0.2) is 0 Å². The number of para-hydroxylation sites is 2. The first kappa shape index (κ1) is 22.5. The van der Waals surface area contributed by atoms with E-state index in [0.29, 0.717) is 11.4 Å². The van der Waals surface area contributed by atoms with Crippen molar-refractivity contribution in [3.63, 3.8) is 0 Å². The van der Waals surface area contributed by atoms with Gasteiger partial charge in [-0.1, -0.05) is 12.1 Å². The van der Waals surface area contributed by atoms with Crippen molar-refractivity contribution in [1.29, 1.82) is 0 Å². The molecule has 6 nitrogen and oxygen atoms in total. The van der Waals surface area contributed by atoms with Crippen molar-refractivity contribution in [2.24, 2.45) is 5.73 Å². The number of nitrogens with zero attached hydrogens (tertiary/aromatic N) is 1. The zero-order chi connectivity index (χ0) is 20.5. The first-order chi connectivity index (χ1) is 13.2. The van der Waals surface area contributed by atoms with Crippen molar-refractivity contribution < 1.29 is 27.5 Å². The number of carbonyl (C=O) groups is 2. The van der Waals surface area contributed by atoms with Crippen LogP contribution in [-0.2, 0) is 22.3 Å². The summed E-state index contributed by atoms with van der Waals surface area (Å²) in [4.78, 5) is 26.1. The number of carbonyl (C=O) groups excluding carboxylic acids is 2. The molecule has 156 valence electrons. The molecule has 1 unspecified atom stereocenters. The minimum atomic E-state index is -4.57. The van der Waals surface area contributed by atoms with Crippen LogP contribution in [0.4, 0.5) is 24.5 Å². The van der Waals surface area contributed by atoms with E-state index in [4.69, 9.17) is 10.5 Å². The first-order valence-electron chi connectivity index (χ1n) is 8.47. The number of ether oxygens (including phenoxy) is 1. The molecule has 3 N–H and O–H groups in total. The van der Waals surface area contributed by atoms with E-state index in [-0.39, 0.29) is 36.7 Å². The average molecular weight is 430 g/mol. The van der Waals surface area contributed by atoms with Gasteiger partial charge in [-0.3, -0.25) is 14.5 Å². The van der Waals surface area contributed by atoms with Crippen molar-refractivity contribution in [2.75, 3.05) is 16.8 Å². The smallest absolute Gasteiger partial charge is 0.416 e. The highest BCUT2D eigenvalue weighted by Gasteiger charge is 2.33. The lowest BCUT2D eigenvalue weighted by Crippen LogP contribution is -2.47. The molecule has 2 aromatic rings. The van der Waals surface area contributed by atoms with E-state index in [1.807, 2.05) is 0 Å². The van der Waals surface area contributed by atoms with E-state index in [0.717, 1.165) is 12.1 Å². The van der Waals surface area contributed by atoms with Gasteiger partial charge >= 0.3 is 6.18 Å². The number of rotatable bonds is 4. The fourth-order valence-corrected chi connectivity index (χ4v) is 2.91. The molecule has 0 fully saturated rings. The predicted octanol–water partition coefficient (Wildman–Crippen LogP) is 3.34. The third kappa shape index (κ3) is 4.99. The van der Waals surface area contributed by atoms with Crippen LogP contribution in [0.1, 0.15) is 18.1 Å². The van der Waals surface area contributed by atoms with Crippen molar-refractivity contribution >= 4 is 35.6 Å². The highest BCUT2D eigenvalue weighted by atomic mass is 35.5.